The summed E-state index contributed by atoms with van der Waals surface area (Å²) in [5, 5.41) is 8.40. The lowest BCUT2D eigenvalue weighted by molar-refractivity contribution is -0.125. The van der Waals surface area contributed by atoms with Crippen LogP contribution in [-0.2, 0) is 11.3 Å². The maximum absolute atomic E-state index is 14.1. The molecule has 0 radical (unpaired) electrons. The molecule has 1 fully saturated rings. The van der Waals surface area contributed by atoms with Crippen molar-refractivity contribution in [2.24, 2.45) is 5.92 Å². The minimum Gasteiger partial charge on any atom is -0.355 e. The predicted octanol–water partition coefficient (Wildman–Crippen LogP) is 4.87. The molecule has 1 aliphatic rings. The van der Waals surface area contributed by atoms with Gasteiger partial charge in [-0.2, -0.15) is 0 Å². The Morgan fingerprint density at radius 1 is 1.17 bits per heavy atom. The van der Waals surface area contributed by atoms with Gasteiger partial charge < -0.3 is 10.2 Å². The normalized spacial score (nSPS) is 16.0. The van der Waals surface area contributed by atoms with E-state index in [0.717, 1.165) is 46.2 Å². The molecule has 4 aromatic rings. The fourth-order valence-electron chi connectivity index (χ4n) is 4.47. The average Bonchev–Trinajstić information content (AvgIpc) is 3.31. The maximum Gasteiger partial charge on any atom is 0.225 e. The van der Waals surface area contributed by atoms with E-state index in [4.69, 9.17) is 0 Å². The number of anilines is 1. The van der Waals surface area contributed by atoms with Crippen LogP contribution in [0.1, 0.15) is 29.5 Å². The van der Waals surface area contributed by atoms with Crippen LogP contribution < -0.4 is 10.2 Å². The molecule has 7 nitrogen and oxygen atoms in total. The Labute approximate surface area is 211 Å². The molecule has 2 aromatic heterocycles. The summed E-state index contributed by atoms with van der Waals surface area (Å²) in [7, 11) is 0. The van der Waals surface area contributed by atoms with Gasteiger partial charge in [0, 0.05) is 30.3 Å². The third kappa shape index (κ3) is 4.91. The van der Waals surface area contributed by atoms with Gasteiger partial charge in [-0.3, -0.25) is 4.79 Å². The Morgan fingerprint density at radius 2 is 2.03 bits per heavy atom. The highest BCUT2D eigenvalue weighted by Gasteiger charge is 2.28. The van der Waals surface area contributed by atoms with E-state index >= 15 is 0 Å². The number of halogens is 2. The number of aryl methyl sites for hydroxylation is 2. The van der Waals surface area contributed by atoms with Crippen molar-refractivity contribution in [3.8, 4) is 5.69 Å². The minimum absolute atomic E-state index is 0.0476. The summed E-state index contributed by atoms with van der Waals surface area (Å²) < 4.78 is 16.8. The number of piperidine rings is 1. The summed E-state index contributed by atoms with van der Waals surface area (Å²) in [6.45, 7) is 5.63. The van der Waals surface area contributed by atoms with Crippen LogP contribution in [0.5, 0.6) is 0 Å². The number of hydrogen-bond acceptors (Lipinski definition) is 5. The number of nitrogens with zero attached hydrogens (tertiary/aromatic N) is 5. The zero-order valence-electron chi connectivity index (χ0n) is 19.6. The minimum atomic E-state index is -0.281. The van der Waals surface area contributed by atoms with Crippen molar-refractivity contribution in [3.63, 3.8) is 0 Å². The van der Waals surface area contributed by atoms with Gasteiger partial charge in [0.2, 0.25) is 5.91 Å². The van der Waals surface area contributed by atoms with Gasteiger partial charge in [0.05, 0.1) is 17.0 Å². The van der Waals surface area contributed by atoms with Gasteiger partial charge in [0.15, 0.2) is 5.65 Å². The lowest BCUT2D eigenvalue weighted by Crippen LogP contribution is -2.43. The number of rotatable bonds is 5. The van der Waals surface area contributed by atoms with Gasteiger partial charge in [-0.15, -0.1) is 5.10 Å². The average molecular weight is 537 g/mol. The van der Waals surface area contributed by atoms with Crippen molar-refractivity contribution < 1.29 is 9.18 Å². The second-order valence-electron chi connectivity index (χ2n) is 9.03. The van der Waals surface area contributed by atoms with E-state index in [1.54, 1.807) is 17.7 Å². The smallest absolute Gasteiger partial charge is 0.225 e. The number of nitrogens with one attached hydrogen (secondary N) is 1. The van der Waals surface area contributed by atoms with Crippen LogP contribution in [0.15, 0.2) is 53.4 Å². The molecule has 1 N–H and O–H groups in total. The van der Waals surface area contributed by atoms with E-state index < -0.39 is 0 Å². The van der Waals surface area contributed by atoms with Crippen LogP contribution in [0.2, 0.25) is 0 Å². The Hall–Kier alpha value is -3.33. The number of benzene rings is 2. The first kappa shape index (κ1) is 23.4. The number of aromatic nitrogens is 4. The molecule has 5 rings (SSSR count). The molecule has 1 atom stereocenters. The number of carbonyl (C=O) groups excluding carboxylic acids is 1. The Bertz CT molecular complexity index is 1400. The van der Waals surface area contributed by atoms with Crippen LogP contribution in [0.25, 0.3) is 16.7 Å². The second kappa shape index (κ2) is 9.73. The zero-order chi connectivity index (χ0) is 24.5. The molecule has 0 spiro atoms. The van der Waals surface area contributed by atoms with E-state index in [0.29, 0.717) is 30.0 Å². The topological polar surface area (TPSA) is 75.9 Å². The van der Waals surface area contributed by atoms with Gasteiger partial charge in [0.1, 0.15) is 18.0 Å². The van der Waals surface area contributed by atoms with Crippen LogP contribution in [0.3, 0.4) is 0 Å². The molecule has 0 aliphatic carbocycles. The molecule has 2 aromatic carbocycles. The molecular formula is C26H26BrFN6O. The van der Waals surface area contributed by atoms with Gasteiger partial charge in [-0.25, -0.2) is 19.0 Å². The summed E-state index contributed by atoms with van der Waals surface area (Å²) in [5.41, 5.74) is 3.95. The summed E-state index contributed by atoms with van der Waals surface area (Å²) >= 11 is 3.51. The Balaban J connectivity index is 1.33. The van der Waals surface area contributed by atoms with Crippen LogP contribution >= 0.6 is 15.9 Å². The van der Waals surface area contributed by atoms with Crippen molar-refractivity contribution in [3.05, 3.63) is 75.9 Å². The fraction of sp³-hybridized carbons (Fsp3) is 0.308. The molecule has 3 heterocycles. The number of fused-ring (bicyclic) bond motifs is 1. The summed E-state index contributed by atoms with van der Waals surface area (Å²) in [6, 6.07) is 11.1. The van der Waals surface area contributed by atoms with Crippen LogP contribution in [0.4, 0.5) is 10.2 Å². The summed E-state index contributed by atoms with van der Waals surface area (Å²) in [4.78, 5) is 23.9. The number of amides is 1. The third-order valence-electron chi connectivity index (χ3n) is 6.50. The number of carbonyl (C=O) groups is 1. The first-order valence-electron chi connectivity index (χ1n) is 11.6. The van der Waals surface area contributed by atoms with Gasteiger partial charge in [-0.1, -0.05) is 34.1 Å². The Morgan fingerprint density at radius 3 is 2.83 bits per heavy atom. The van der Waals surface area contributed by atoms with Gasteiger partial charge in [0.25, 0.3) is 0 Å². The second-order valence-corrected chi connectivity index (χ2v) is 9.88. The molecule has 35 heavy (non-hydrogen) atoms. The van der Waals surface area contributed by atoms with Crippen molar-refractivity contribution in [1.29, 1.82) is 0 Å². The lowest BCUT2D eigenvalue weighted by Gasteiger charge is -2.33. The zero-order valence-corrected chi connectivity index (χ0v) is 21.2. The molecule has 0 bridgehead atoms. The van der Waals surface area contributed by atoms with Crippen molar-refractivity contribution in [1.82, 2.24) is 25.1 Å². The van der Waals surface area contributed by atoms with E-state index in [2.05, 4.69) is 47.3 Å². The van der Waals surface area contributed by atoms with E-state index in [9.17, 15) is 9.18 Å². The lowest BCUT2D eigenvalue weighted by atomic mass is 9.97. The first-order valence-corrected chi connectivity index (χ1v) is 12.4. The van der Waals surface area contributed by atoms with Gasteiger partial charge in [-0.05, 0) is 61.6 Å². The van der Waals surface area contributed by atoms with E-state index in [-0.39, 0.29) is 17.6 Å². The first-order chi connectivity index (χ1) is 16.9. The molecule has 0 saturated carbocycles. The predicted molar refractivity (Wildman–Crippen MR) is 137 cm³/mol. The molecule has 1 saturated heterocycles. The third-order valence-corrected chi connectivity index (χ3v) is 7.39. The molecular weight excluding hydrogens is 511 g/mol. The quantitative estimate of drug-likeness (QED) is 0.394. The van der Waals surface area contributed by atoms with E-state index in [1.165, 1.54) is 12.4 Å². The monoisotopic (exact) mass is 536 g/mol. The van der Waals surface area contributed by atoms with Crippen LogP contribution in [-0.4, -0.2) is 38.7 Å². The highest BCUT2D eigenvalue weighted by Crippen LogP contribution is 2.28. The molecule has 1 aliphatic heterocycles. The van der Waals surface area contributed by atoms with Crippen molar-refractivity contribution in [2.75, 3.05) is 18.0 Å². The van der Waals surface area contributed by atoms with E-state index in [1.807, 2.05) is 31.3 Å². The summed E-state index contributed by atoms with van der Waals surface area (Å²) in [5.74, 6) is 0.379. The van der Waals surface area contributed by atoms with Crippen LogP contribution in [0, 0.1) is 25.6 Å². The highest BCUT2D eigenvalue weighted by atomic mass is 79.9. The van der Waals surface area contributed by atoms with Gasteiger partial charge >= 0.3 is 0 Å². The largest absolute Gasteiger partial charge is 0.355 e. The SMILES string of the molecule is Cc1ccc(-n2cc3c(N4CCCC(C(=O)NCc5ccc(Br)c(C)c5)C4)ncnc3n2)cc1F. The Kier molecular flexibility index (Phi) is 6.51. The maximum atomic E-state index is 14.1. The molecule has 1 amide bonds. The molecule has 9 heteroatoms. The molecule has 1 unspecified atom stereocenters. The van der Waals surface area contributed by atoms with Crippen molar-refractivity contribution in [2.45, 2.75) is 33.2 Å². The van der Waals surface area contributed by atoms with Crippen molar-refractivity contribution >= 4 is 38.7 Å². The standard InChI is InChI=1S/C26H26BrFN6O/c1-16-5-7-20(11-23(16)28)34-14-21-24(32-34)30-15-31-25(21)33-9-3-4-19(13-33)26(35)29-12-18-6-8-22(27)17(2)10-18/h5-8,10-11,14-15,19H,3-4,9,12-13H2,1-2H3,(H,29,35). The summed E-state index contributed by atoms with van der Waals surface area (Å²) in [6.07, 6.45) is 5.04. The fourth-order valence-corrected chi connectivity index (χ4v) is 4.71. The number of hydrogen-bond donors (Lipinski definition) is 1. The molecule has 180 valence electrons. The highest BCUT2D eigenvalue weighted by molar-refractivity contribution is 9.10.